The summed E-state index contributed by atoms with van der Waals surface area (Å²) in [4.78, 5) is 0. The molecule has 3 heteroatoms. The largest absolute Gasteiger partial charge is 0.354 e. The third-order valence-electron chi connectivity index (χ3n) is 0.894. The lowest BCUT2D eigenvalue weighted by molar-refractivity contribution is -0.112. The number of rotatable bonds is 3. The fourth-order valence-corrected chi connectivity index (χ4v) is 0.526. The first-order chi connectivity index (χ1) is 3.72. The van der Waals surface area contributed by atoms with E-state index >= 15 is 0 Å². The van der Waals surface area contributed by atoms with Gasteiger partial charge in [-0.05, 0) is 6.92 Å². The summed E-state index contributed by atoms with van der Waals surface area (Å²) in [6.07, 6.45) is -0.269. The minimum absolute atomic E-state index is 0.0648. The van der Waals surface area contributed by atoms with Crippen LogP contribution in [0.5, 0.6) is 0 Å². The summed E-state index contributed by atoms with van der Waals surface area (Å²) in [6.45, 7) is 1.83. The van der Waals surface area contributed by atoms with Gasteiger partial charge in [0.1, 0.15) is 0 Å². The van der Waals surface area contributed by atoms with Crippen LogP contribution in [0.1, 0.15) is 6.92 Å². The SMILES string of the molecule is COC(OC)C(C)N. The lowest BCUT2D eigenvalue weighted by Crippen LogP contribution is -2.34. The smallest absolute Gasteiger partial charge is 0.171 e. The van der Waals surface area contributed by atoms with Crippen molar-refractivity contribution in [2.45, 2.75) is 19.3 Å². The number of methoxy groups -OCH3 is 2. The molecule has 0 aliphatic carbocycles. The molecule has 0 radical (unpaired) electrons. The second-order valence-corrected chi connectivity index (χ2v) is 1.70. The number of nitrogens with two attached hydrogens (primary N) is 1. The van der Waals surface area contributed by atoms with E-state index in [0.29, 0.717) is 0 Å². The summed E-state index contributed by atoms with van der Waals surface area (Å²) in [7, 11) is 3.13. The van der Waals surface area contributed by atoms with Crippen LogP contribution in [0.2, 0.25) is 0 Å². The molecule has 0 spiro atoms. The van der Waals surface area contributed by atoms with E-state index in [1.165, 1.54) is 0 Å². The Morgan fingerprint density at radius 1 is 1.25 bits per heavy atom. The molecule has 50 valence electrons. The van der Waals surface area contributed by atoms with E-state index in [0.717, 1.165) is 0 Å². The molecule has 2 N–H and O–H groups in total. The van der Waals surface area contributed by atoms with E-state index in [4.69, 9.17) is 15.2 Å². The highest BCUT2D eigenvalue weighted by Gasteiger charge is 2.08. The summed E-state index contributed by atoms with van der Waals surface area (Å²) in [5.41, 5.74) is 5.41. The van der Waals surface area contributed by atoms with E-state index in [1.807, 2.05) is 6.92 Å². The van der Waals surface area contributed by atoms with Crippen molar-refractivity contribution in [2.24, 2.45) is 5.73 Å². The molecule has 0 saturated heterocycles. The Kier molecular flexibility index (Phi) is 3.77. The zero-order valence-corrected chi connectivity index (χ0v) is 5.55. The molecule has 0 aromatic heterocycles. The first-order valence-corrected chi connectivity index (χ1v) is 2.53. The monoisotopic (exact) mass is 119 g/mol. The Balaban J connectivity index is 3.35. The van der Waals surface area contributed by atoms with Gasteiger partial charge in [-0.25, -0.2) is 0 Å². The van der Waals surface area contributed by atoms with Crippen LogP contribution in [-0.2, 0) is 9.47 Å². The van der Waals surface area contributed by atoms with Gasteiger partial charge < -0.3 is 15.2 Å². The molecule has 3 nitrogen and oxygen atoms in total. The summed E-state index contributed by atoms with van der Waals surface area (Å²) in [6, 6.07) is -0.0648. The molecule has 0 aliphatic heterocycles. The van der Waals surface area contributed by atoms with Crippen LogP contribution in [-0.4, -0.2) is 26.6 Å². The molecule has 8 heavy (non-hydrogen) atoms. The molecule has 0 aromatic rings. The van der Waals surface area contributed by atoms with Gasteiger partial charge in [-0.1, -0.05) is 0 Å². The third kappa shape index (κ3) is 2.26. The van der Waals surface area contributed by atoms with Crippen LogP contribution in [0, 0.1) is 0 Å². The van der Waals surface area contributed by atoms with Crippen molar-refractivity contribution in [3.05, 3.63) is 0 Å². The molecule has 0 saturated carbocycles. The molecule has 0 rings (SSSR count). The summed E-state index contributed by atoms with van der Waals surface area (Å²) < 4.78 is 9.63. The molecule has 1 atom stereocenters. The highest BCUT2D eigenvalue weighted by Crippen LogP contribution is 1.93. The minimum Gasteiger partial charge on any atom is -0.354 e. The first-order valence-electron chi connectivity index (χ1n) is 2.53. The van der Waals surface area contributed by atoms with Crippen molar-refractivity contribution in [2.75, 3.05) is 14.2 Å². The summed E-state index contributed by atoms with van der Waals surface area (Å²) >= 11 is 0. The standard InChI is InChI=1S/C5H13NO2/c1-4(6)5(7-2)8-3/h4-5H,6H2,1-3H3. The average Bonchev–Trinajstić information content (AvgIpc) is 1.69. The lowest BCUT2D eigenvalue weighted by atomic mass is 10.3. The number of ether oxygens (including phenoxy) is 2. The Morgan fingerprint density at radius 2 is 1.62 bits per heavy atom. The molecular weight excluding hydrogens is 106 g/mol. The molecule has 0 fully saturated rings. The van der Waals surface area contributed by atoms with E-state index in [2.05, 4.69) is 0 Å². The fraction of sp³-hybridized carbons (Fsp3) is 1.00. The molecule has 0 amide bonds. The Labute approximate surface area is 49.8 Å². The Hall–Kier alpha value is -0.120. The van der Waals surface area contributed by atoms with Gasteiger partial charge in [-0.15, -0.1) is 0 Å². The second kappa shape index (κ2) is 3.83. The topological polar surface area (TPSA) is 44.5 Å². The van der Waals surface area contributed by atoms with Gasteiger partial charge in [-0.2, -0.15) is 0 Å². The summed E-state index contributed by atoms with van der Waals surface area (Å²) in [5.74, 6) is 0. The van der Waals surface area contributed by atoms with E-state index < -0.39 is 0 Å². The Morgan fingerprint density at radius 3 is 1.62 bits per heavy atom. The van der Waals surface area contributed by atoms with Gasteiger partial charge in [0.05, 0.1) is 6.04 Å². The van der Waals surface area contributed by atoms with Crippen LogP contribution >= 0.6 is 0 Å². The van der Waals surface area contributed by atoms with E-state index in [-0.39, 0.29) is 12.3 Å². The highest BCUT2D eigenvalue weighted by atomic mass is 16.7. The van der Waals surface area contributed by atoms with Crippen molar-refractivity contribution in [1.82, 2.24) is 0 Å². The predicted molar refractivity (Wildman–Crippen MR) is 31.5 cm³/mol. The fourth-order valence-electron chi connectivity index (χ4n) is 0.526. The van der Waals surface area contributed by atoms with E-state index in [9.17, 15) is 0 Å². The Bertz CT molecular complexity index is 52.4. The highest BCUT2D eigenvalue weighted by molar-refractivity contribution is 4.55. The van der Waals surface area contributed by atoms with Crippen LogP contribution < -0.4 is 5.73 Å². The van der Waals surface area contributed by atoms with Crippen molar-refractivity contribution in [3.63, 3.8) is 0 Å². The van der Waals surface area contributed by atoms with Gasteiger partial charge in [0, 0.05) is 14.2 Å². The molecule has 1 unspecified atom stereocenters. The van der Waals surface area contributed by atoms with Gasteiger partial charge in [0.15, 0.2) is 6.29 Å². The molecule has 0 aromatic carbocycles. The average molecular weight is 119 g/mol. The third-order valence-corrected chi connectivity index (χ3v) is 0.894. The van der Waals surface area contributed by atoms with Crippen molar-refractivity contribution < 1.29 is 9.47 Å². The van der Waals surface area contributed by atoms with Gasteiger partial charge in [-0.3, -0.25) is 0 Å². The molecule has 0 aliphatic rings. The van der Waals surface area contributed by atoms with Crippen molar-refractivity contribution >= 4 is 0 Å². The maximum Gasteiger partial charge on any atom is 0.171 e. The molecular formula is C5H13NO2. The number of hydrogen-bond donors (Lipinski definition) is 1. The van der Waals surface area contributed by atoms with Crippen LogP contribution in [0.3, 0.4) is 0 Å². The minimum atomic E-state index is -0.269. The van der Waals surface area contributed by atoms with Crippen LogP contribution in [0.4, 0.5) is 0 Å². The van der Waals surface area contributed by atoms with Crippen molar-refractivity contribution in [3.8, 4) is 0 Å². The zero-order chi connectivity index (χ0) is 6.57. The predicted octanol–water partition coefficient (Wildman–Crippen LogP) is -0.0475. The normalized spacial score (nSPS) is 14.6. The summed E-state index contributed by atoms with van der Waals surface area (Å²) in [5, 5.41) is 0. The lowest BCUT2D eigenvalue weighted by Gasteiger charge is -2.15. The van der Waals surface area contributed by atoms with Gasteiger partial charge in [0.25, 0.3) is 0 Å². The zero-order valence-electron chi connectivity index (χ0n) is 5.55. The van der Waals surface area contributed by atoms with Crippen LogP contribution in [0.15, 0.2) is 0 Å². The van der Waals surface area contributed by atoms with Crippen molar-refractivity contribution in [1.29, 1.82) is 0 Å². The number of hydrogen-bond acceptors (Lipinski definition) is 3. The second-order valence-electron chi connectivity index (χ2n) is 1.70. The first kappa shape index (κ1) is 7.88. The quantitative estimate of drug-likeness (QED) is 0.530. The maximum atomic E-state index is 5.41. The molecule has 0 heterocycles. The molecule has 0 bridgehead atoms. The van der Waals surface area contributed by atoms with Gasteiger partial charge in [0.2, 0.25) is 0 Å². The maximum absolute atomic E-state index is 5.41. The van der Waals surface area contributed by atoms with Gasteiger partial charge >= 0.3 is 0 Å². The van der Waals surface area contributed by atoms with Crippen LogP contribution in [0.25, 0.3) is 0 Å². The van der Waals surface area contributed by atoms with E-state index in [1.54, 1.807) is 14.2 Å².